The van der Waals surface area contributed by atoms with Gasteiger partial charge in [-0.1, -0.05) is 203 Å². The third-order valence-corrected chi connectivity index (χ3v) is 16.9. The van der Waals surface area contributed by atoms with Crippen molar-refractivity contribution in [2.45, 2.75) is 185 Å². The van der Waals surface area contributed by atoms with Gasteiger partial charge in [-0.25, -0.2) is 0 Å². The van der Waals surface area contributed by atoms with Crippen molar-refractivity contribution >= 4 is 34.1 Å². The fraction of sp³-hybridized carbons (Fsp3) is 0.368. The molecular weight excluding hydrogens is 941 g/mol. The van der Waals surface area contributed by atoms with Crippen LogP contribution in [-0.2, 0) is 24.7 Å². The first-order valence-electron chi connectivity index (χ1n) is 30.2. The highest BCUT2D eigenvalue weighted by Gasteiger charge is 2.48. The van der Waals surface area contributed by atoms with E-state index in [-0.39, 0.29) is 0 Å². The first kappa shape index (κ1) is 56.1. The Morgan fingerprint density at radius 3 is 1.00 bits per heavy atom. The summed E-state index contributed by atoms with van der Waals surface area (Å²) in [6.07, 6.45) is 18.2. The van der Waals surface area contributed by atoms with E-state index in [9.17, 15) is 0 Å². The van der Waals surface area contributed by atoms with Crippen LogP contribution >= 0.6 is 0 Å². The van der Waals surface area contributed by atoms with Crippen LogP contribution in [0, 0.1) is 62.3 Å². The van der Waals surface area contributed by atoms with Crippen LogP contribution in [0.15, 0.2) is 146 Å². The maximum atomic E-state index is 2.67. The van der Waals surface area contributed by atoms with E-state index in [2.05, 4.69) is 238 Å². The second-order valence-electron chi connectivity index (χ2n) is 23.7. The molecule has 0 saturated carbocycles. The third-order valence-electron chi connectivity index (χ3n) is 16.9. The van der Waals surface area contributed by atoms with Crippen LogP contribution in [0.4, 0.5) is 34.1 Å². The Morgan fingerprint density at radius 1 is 0.295 bits per heavy atom. The van der Waals surface area contributed by atoms with E-state index < -0.39 is 5.41 Å². The number of nitrogens with zero attached hydrogens (tertiary/aromatic N) is 2. The summed E-state index contributed by atoms with van der Waals surface area (Å²) in [7, 11) is 0. The van der Waals surface area contributed by atoms with Crippen molar-refractivity contribution in [1.29, 1.82) is 0 Å². The molecule has 78 heavy (non-hydrogen) atoms. The molecule has 0 N–H and O–H groups in total. The quantitative estimate of drug-likeness (QED) is 0.0589. The van der Waals surface area contributed by atoms with Crippen LogP contribution in [0.25, 0.3) is 11.1 Å². The lowest BCUT2D eigenvalue weighted by Crippen LogP contribution is -2.30. The average molecular weight is 1030 g/mol. The van der Waals surface area contributed by atoms with Crippen LogP contribution in [0.1, 0.15) is 187 Å². The first-order chi connectivity index (χ1) is 37.7. The molecule has 0 saturated heterocycles. The summed E-state index contributed by atoms with van der Waals surface area (Å²) in [6, 6.07) is 58.5. The summed E-state index contributed by atoms with van der Waals surface area (Å²) in [5.74, 6) is 0. The number of anilines is 6. The van der Waals surface area contributed by atoms with Crippen molar-refractivity contribution in [2.75, 3.05) is 9.80 Å². The molecule has 0 bridgehead atoms. The third kappa shape index (κ3) is 11.9. The zero-order chi connectivity index (χ0) is 55.1. The number of hydrogen-bond donors (Lipinski definition) is 0. The Kier molecular flexibility index (Phi) is 18.0. The zero-order valence-electron chi connectivity index (χ0n) is 49.9. The number of aryl methyl sites for hydroxylation is 12. The van der Waals surface area contributed by atoms with Crippen molar-refractivity contribution in [1.82, 2.24) is 0 Å². The lowest BCUT2D eigenvalue weighted by Gasteiger charge is -2.37. The number of hydrogen-bond acceptors (Lipinski definition) is 2. The van der Waals surface area contributed by atoms with Crippen LogP contribution in [0.3, 0.4) is 0 Å². The van der Waals surface area contributed by atoms with Gasteiger partial charge < -0.3 is 9.80 Å². The van der Waals surface area contributed by atoms with E-state index in [1.807, 2.05) is 0 Å². The van der Waals surface area contributed by atoms with Gasteiger partial charge in [0.05, 0.1) is 16.8 Å². The van der Waals surface area contributed by atoms with Gasteiger partial charge in [-0.2, -0.15) is 0 Å². The minimum atomic E-state index is -0.662. The monoisotopic (exact) mass is 1030 g/mol. The van der Waals surface area contributed by atoms with E-state index in [1.54, 1.807) is 0 Å². The highest BCUT2D eigenvalue weighted by Crippen LogP contribution is 2.59. The normalized spacial score (nSPS) is 12.5. The highest BCUT2D eigenvalue weighted by atomic mass is 15.2. The van der Waals surface area contributed by atoms with Gasteiger partial charge in [-0.3, -0.25) is 0 Å². The van der Waals surface area contributed by atoms with Crippen molar-refractivity contribution in [3.8, 4) is 11.1 Å². The standard InChI is InChI=1S/C76H90N2/c1-13-16-19-22-25-61-44-56(8)45-64(47-61)76(65-48-62(26-23-20-17-14-2)46-63(49-65)27-24-21-18-15-3)72-50-68(77(66-32-28-52(4)29-33-66)74-57(9)40-54(6)41-58(74)10)36-38-70(72)71-39-37-69(51-73(71)76)78(67-34-30-53(5)31-35-67)75-59(11)42-55(7)43-60(75)12/h28-51H,13-27H2,1-12H3. The maximum Gasteiger partial charge on any atom is 0.0715 e. The van der Waals surface area contributed by atoms with Gasteiger partial charge in [-0.15, -0.1) is 0 Å². The van der Waals surface area contributed by atoms with Gasteiger partial charge in [0.2, 0.25) is 0 Å². The van der Waals surface area contributed by atoms with Crippen LogP contribution in [0.5, 0.6) is 0 Å². The minimum Gasteiger partial charge on any atom is -0.310 e. The second kappa shape index (κ2) is 25.0. The molecule has 0 spiro atoms. The fourth-order valence-electron chi connectivity index (χ4n) is 13.4. The van der Waals surface area contributed by atoms with Crippen LogP contribution in [-0.4, -0.2) is 0 Å². The Morgan fingerprint density at radius 2 is 0.628 bits per heavy atom. The van der Waals surface area contributed by atoms with Gasteiger partial charge >= 0.3 is 0 Å². The zero-order valence-corrected chi connectivity index (χ0v) is 49.9. The summed E-state index contributed by atoms with van der Waals surface area (Å²) in [6.45, 7) is 27.4. The van der Waals surface area contributed by atoms with Crippen molar-refractivity contribution in [3.05, 3.63) is 235 Å². The van der Waals surface area contributed by atoms with E-state index >= 15 is 0 Å². The predicted octanol–water partition coefficient (Wildman–Crippen LogP) is 22.1. The molecule has 0 unspecified atom stereocenters. The van der Waals surface area contributed by atoms with Crippen molar-refractivity contribution < 1.29 is 0 Å². The van der Waals surface area contributed by atoms with E-state index in [4.69, 9.17) is 0 Å². The van der Waals surface area contributed by atoms with Gasteiger partial charge in [0.25, 0.3) is 0 Å². The highest BCUT2D eigenvalue weighted by molar-refractivity contribution is 5.93. The lowest BCUT2D eigenvalue weighted by atomic mass is 9.66. The number of unbranched alkanes of at least 4 members (excludes halogenated alkanes) is 9. The molecular formula is C76H90N2. The topological polar surface area (TPSA) is 6.48 Å². The van der Waals surface area contributed by atoms with E-state index in [1.165, 1.54) is 211 Å². The lowest BCUT2D eigenvalue weighted by molar-refractivity contribution is 0.658. The van der Waals surface area contributed by atoms with E-state index in [0.717, 1.165) is 19.3 Å². The Hall–Kier alpha value is -6.64. The molecule has 8 aromatic rings. The summed E-state index contributed by atoms with van der Waals surface area (Å²) in [5, 5.41) is 0. The summed E-state index contributed by atoms with van der Waals surface area (Å²) < 4.78 is 0. The van der Waals surface area contributed by atoms with Crippen LogP contribution < -0.4 is 9.80 Å². The molecule has 0 atom stereocenters. The van der Waals surface area contributed by atoms with Gasteiger partial charge in [-0.05, 0) is 222 Å². The Balaban J connectivity index is 1.41. The molecule has 0 aliphatic heterocycles. The predicted molar refractivity (Wildman–Crippen MR) is 339 cm³/mol. The number of rotatable bonds is 23. The molecule has 2 nitrogen and oxygen atoms in total. The maximum absolute atomic E-state index is 2.67. The average Bonchev–Trinajstić information content (AvgIpc) is 3.87. The molecule has 0 aromatic heterocycles. The second-order valence-corrected chi connectivity index (χ2v) is 23.7. The molecule has 2 heteroatoms. The molecule has 0 fully saturated rings. The molecule has 404 valence electrons. The molecule has 1 aliphatic rings. The largest absolute Gasteiger partial charge is 0.310 e. The molecule has 1 aliphatic carbocycles. The van der Waals surface area contributed by atoms with Gasteiger partial charge in [0.1, 0.15) is 0 Å². The number of fused-ring (bicyclic) bond motifs is 3. The van der Waals surface area contributed by atoms with E-state index in [0.29, 0.717) is 0 Å². The Labute approximate surface area is 472 Å². The molecule has 0 heterocycles. The summed E-state index contributed by atoms with van der Waals surface area (Å²) in [5.41, 5.74) is 30.6. The smallest absolute Gasteiger partial charge is 0.0715 e. The van der Waals surface area contributed by atoms with Crippen molar-refractivity contribution in [3.63, 3.8) is 0 Å². The fourth-order valence-corrected chi connectivity index (χ4v) is 13.4. The Bertz CT molecular complexity index is 3120. The van der Waals surface area contributed by atoms with Crippen molar-refractivity contribution in [2.24, 2.45) is 0 Å². The molecule has 8 aromatic carbocycles. The molecule has 9 rings (SSSR count). The summed E-state index contributed by atoms with van der Waals surface area (Å²) >= 11 is 0. The van der Waals surface area contributed by atoms with Gasteiger partial charge in [0.15, 0.2) is 0 Å². The SMILES string of the molecule is CCCCCCc1cc(C)cc(C2(c3cc(CCCCCC)cc(CCCCCC)c3)c3cc(N(c4ccc(C)cc4)c4c(C)cc(C)cc4C)ccc3-c3ccc(N(c4ccc(C)cc4)c4c(C)cc(C)cc4C)cc32)c1. The van der Waals surface area contributed by atoms with Gasteiger partial charge in [0, 0.05) is 22.7 Å². The van der Waals surface area contributed by atoms with Crippen LogP contribution in [0.2, 0.25) is 0 Å². The first-order valence-corrected chi connectivity index (χ1v) is 30.2. The number of benzene rings is 8. The molecule has 0 amide bonds. The molecule has 0 radical (unpaired) electrons. The minimum absolute atomic E-state index is 0.662. The summed E-state index contributed by atoms with van der Waals surface area (Å²) in [4.78, 5) is 5.12.